The second-order valence-electron chi connectivity index (χ2n) is 8.40. The van der Waals surface area contributed by atoms with Crippen molar-refractivity contribution < 1.29 is 14.3 Å². The Balaban J connectivity index is 1.87. The number of Topliss-reactive ketones (excluding diaryl/α,β-unsaturated/α-hetero) is 1. The summed E-state index contributed by atoms with van der Waals surface area (Å²) in [5, 5.41) is 0.697. The van der Waals surface area contributed by atoms with Crippen molar-refractivity contribution in [1.82, 2.24) is 14.1 Å². The third-order valence-corrected chi connectivity index (χ3v) is 6.48. The zero-order chi connectivity index (χ0) is 24.9. The first-order valence-corrected chi connectivity index (χ1v) is 11.1. The number of methoxy groups -OCH3 is 1. The van der Waals surface area contributed by atoms with E-state index in [1.807, 2.05) is 18.2 Å². The van der Waals surface area contributed by atoms with Crippen LogP contribution in [0.5, 0.6) is 11.5 Å². The van der Waals surface area contributed by atoms with Gasteiger partial charge in [-0.2, -0.15) is 0 Å². The number of benzene rings is 2. The number of aryl methyl sites for hydroxylation is 1. The van der Waals surface area contributed by atoms with Gasteiger partial charge < -0.3 is 15.2 Å². The molecule has 1 unspecified atom stereocenters. The molecular formula is C26H25N5O4. The molecule has 0 spiro atoms. The van der Waals surface area contributed by atoms with Crippen LogP contribution in [0.15, 0.2) is 52.5 Å². The van der Waals surface area contributed by atoms with E-state index in [1.54, 1.807) is 54.9 Å². The Hall–Kier alpha value is -4.40. The standard InChI is InChI=1S/C26H25N5O4/c1-14(32)15-5-7-16(8-6-15)20-13-35-25-22(17(10-27)11-28-2)21(34-4)9-18-23(25)24-19(12-29-18)30(3)26(33)31(20)24/h5-12,20H,13,27H2,1-4H3. The number of ether oxygens (including phenoxy) is 2. The number of imidazole rings is 1. The summed E-state index contributed by atoms with van der Waals surface area (Å²) in [5.41, 5.74) is 10.5. The van der Waals surface area contributed by atoms with Crippen LogP contribution in [-0.2, 0) is 7.05 Å². The minimum Gasteiger partial charge on any atom is -0.496 e. The third kappa shape index (κ3) is 3.30. The van der Waals surface area contributed by atoms with Crippen molar-refractivity contribution in [2.24, 2.45) is 17.8 Å². The predicted octanol–water partition coefficient (Wildman–Crippen LogP) is 3.08. The van der Waals surface area contributed by atoms with Gasteiger partial charge in [0, 0.05) is 43.7 Å². The molecule has 0 radical (unpaired) electrons. The molecule has 2 aromatic carbocycles. The Bertz CT molecular complexity index is 1610. The van der Waals surface area contributed by atoms with Gasteiger partial charge in [0.1, 0.15) is 18.1 Å². The topological polar surface area (TPSA) is 114 Å². The molecule has 178 valence electrons. The first-order chi connectivity index (χ1) is 16.9. The van der Waals surface area contributed by atoms with Crippen LogP contribution >= 0.6 is 0 Å². The lowest BCUT2D eigenvalue weighted by Crippen LogP contribution is -2.29. The number of allylic oxidation sites excluding steroid dienone is 1. The largest absolute Gasteiger partial charge is 0.496 e. The molecule has 9 nitrogen and oxygen atoms in total. The van der Waals surface area contributed by atoms with Crippen molar-refractivity contribution in [2.75, 3.05) is 20.8 Å². The first-order valence-electron chi connectivity index (χ1n) is 11.1. The number of hydrogen-bond acceptors (Lipinski definition) is 7. The highest BCUT2D eigenvalue weighted by molar-refractivity contribution is 6.17. The van der Waals surface area contributed by atoms with Crippen LogP contribution in [0, 0.1) is 0 Å². The number of nitrogens with two attached hydrogens (primary N) is 1. The second-order valence-corrected chi connectivity index (χ2v) is 8.40. The summed E-state index contributed by atoms with van der Waals surface area (Å²) in [5.74, 6) is 1.04. The molecular weight excluding hydrogens is 446 g/mol. The van der Waals surface area contributed by atoms with E-state index < -0.39 is 6.04 Å². The van der Waals surface area contributed by atoms with Crippen LogP contribution in [0.25, 0.3) is 27.5 Å². The molecule has 0 bridgehead atoms. The van der Waals surface area contributed by atoms with Crippen LogP contribution in [0.1, 0.15) is 34.5 Å². The lowest BCUT2D eigenvalue weighted by molar-refractivity contribution is 0.101. The Morgan fingerprint density at radius 2 is 2.06 bits per heavy atom. The Morgan fingerprint density at radius 1 is 1.31 bits per heavy atom. The van der Waals surface area contributed by atoms with Gasteiger partial charge in [-0.25, -0.2) is 4.79 Å². The maximum Gasteiger partial charge on any atom is 0.329 e. The molecule has 0 fully saturated rings. The molecule has 5 rings (SSSR count). The molecule has 1 aliphatic heterocycles. The average molecular weight is 472 g/mol. The quantitative estimate of drug-likeness (QED) is 0.353. The van der Waals surface area contributed by atoms with E-state index >= 15 is 0 Å². The minimum absolute atomic E-state index is 0.0217. The molecule has 0 aliphatic carbocycles. The molecule has 4 aromatic rings. The number of hydrogen-bond donors (Lipinski definition) is 1. The van der Waals surface area contributed by atoms with E-state index in [0.29, 0.717) is 50.1 Å². The Kier molecular flexibility index (Phi) is 5.39. The number of aliphatic imine (C=N–C) groups is 1. The fraction of sp³-hybridized carbons (Fsp3) is 0.231. The zero-order valence-electron chi connectivity index (χ0n) is 19.9. The summed E-state index contributed by atoms with van der Waals surface area (Å²) in [4.78, 5) is 34.1. The number of rotatable bonds is 5. The van der Waals surface area contributed by atoms with Crippen LogP contribution in [-0.4, -0.2) is 46.9 Å². The van der Waals surface area contributed by atoms with E-state index in [4.69, 9.17) is 15.2 Å². The smallest absolute Gasteiger partial charge is 0.329 e. The number of nitrogens with zero attached hydrogens (tertiary/aromatic N) is 4. The second kappa shape index (κ2) is 8.43. The summed E-state index contributed by atoms with van der Waals surface area (Å²) in [6.07, 6.45) is 4.77. The van der Waals surface area contributed by atoms with Gasteiger partial charge in [0.2, 0.25) is 0 Å². The van der Waals surface area contributed by atoms with Crippen molar-refractivity contribution in [1.29, 1.82) is 0 Å². The van der Waals surface area contributed by atoms with Crippen LogP contribution in [0.2, 0.25) is 0 Å². The first kappa shape index (κ1) is 22.4. The number of carbonyl (C=O) groups excluding carboxylic acids is 1. The maximum atomic E-state index is 13.5. The van der Waals surface area contributed by atoms with Gasteiger partial charge in [0.25, 0.3) is 0 Å². The Morgan fingerprint density at radius 3 is 2.69 bits per heavy atom. The minimum atomic E-state index is -0.436. The number of aromatic nitrogens is 3. The Labute approximate surface area is 201 Å². The van der Waals surface area contributed by atoms with Gasteiger partial charge in [-0.15, -0.1) is 0 Å². The molecule has 9 heteroatoms. The lowest BCUT2D eigenvalue weighted by Gasteiger charge is -2.19. The van der Waals surface area contributed by atoms with Crippen LogP contribution in [0.3, 0.4) is 0 Å². The highest BCUT2D eigenvalue weighted by Crippen LogP contribution is 2.45. The number of ketones is 1. The SMILES string of the molecule is CN=CC(=CN)c1c(OC)cc2ncc3c4c2c1OCC(c1ccc(C(C)=O)cc1)n4c(=O)n3C. The maximum absolute atomic E-state index is 13.5. The van der Waals surface area contributed by atoms with E-state index in [9.17, 15) is 9.59 Å². The number of pyridine rings is 1. The summed E-state index contributed by atoms with van der Waals surface area (Å²) in [6.45, 7) is 1.69. The molecule has 0 saturated carbocycles. The van der Waals surface area contributed by atoms with Gasteiger partial charge in [-0.05, 0) is 12.5 Å². The lowest BCUT2D eigenvalue weighted by atomic mass is 10.0. The van der Waals surface area contributed by atoms with Crippen LogP contribution in [0.4, 0.5) is 0 Å². The monoisotopic (exact) mass is 471 g/mol. The highest BCUT2D eigenvalue weighted by atomic mass is 16.5. The van der Waals surface area contributed by atoms with Gasteiger partial charge in [-0.3, -0.25) is 23.9 Å². The van der Waals surface area contributed by atoms with E-state index in [-0.39, 0.29) is 18.1 Å². The summed E-state index contributed by atoms with van der Waals surface area (Å²) in [6, 6.07) is 8.64. The fourth-order valence-electron chi connectivity index (χ4n) is 4.74. The van der Waals surface area contributed by atoms with Crippen molar-refractivity contribution in [3.05, 3.63) is 69.9 Å². The fourth-order valence-corrected chi connectivity index (χ4v) is 4.74. The normalized spacial score (nSPS) is 15.7. The van der Waals surface area contributed by atoms with E-state index in [0.717, 1.165) is 5.56 Å². The van der Waals surface area contributed by atoms with Crippen molar-refractivity contribution in [2.45, 2.75) is 13.0 Å². The molecule has 35 heavy (non-hydrogen) atoms. The molecule has 3 heterocycles. The van der Waals surface area contributed by atoms with Gasteiger partial charge >= 0.3 is 5.69 Å². The molecule has 0 amide bonds. The van der Waals surface area contributed by atoms with Crippen molar-refractivity contribution in [3.8, 4) is 11.5 Å². The van der Waals surface area contributed by atoms with Crippen molar-refractivity contribution in [3.63, 3.8) is 0 Å². The molecule has 2 aromatic heterocycles. The summed E-state index contributed by atoms with van der Waals surface area (Å²) >= 11 is 0. The van der Waals surface area contributed by atoms with E-state index in [2.05, 4.69) is 9.98 Å². The molecule has 0 saturated heterocycles. The summed E-state index contributed by atoms with van der Waals surface area (Å²) < 4.78 is 15.5. The van der Waals surface area contributed by atoms with Gasteiger partial charge in [-0.1, -0.05) is 24.3 Å². The molecule has 1 atom stereocenters. The van der Waals surface area contributed by atoms with Crippen molar-refractivity contribution >= 4 is 39.5 Å². The third-order valence-electron chi connectivity index (χ3n) is 6.48. The predicted molar refractivity (Wildman–Crippen MR) is 136 cm³/mol. The molecule has 2 N–H and O–H groups in total. The number of carbonyl (C=O) groups is 1. The average Bonchev–Trinajstić information content (AvgIpc) is 3.01. The molecule has 1 aliphatic rings. The van der Waals surface area contributed by atoms with Gasteiger partial charge in [0.15, 0.2) is 5.78 Å². The van der Waals surface area contributed by atoms with Crippen LogP contribution < -0.4 is 20.9 Å². The van der Waals surface area contributed by atoms with E-state index in [1.165, 1.54) is 13.1 Å². The highest BCUT2D eigenvalue weighted by Gasteiger charge is 2.31. The zero-order valence-corrected chi connectivity index (χ0v) is 19.9. The van der Waals surface area contributed by atoms with Gasteiger partial charge in [0.05, 0.1) is 46.8 Å². The summed E-state index contributed by atoms with van der Waals surface area (Å²) in [7, 11) is 4.96.